The van der Waals surface area contributed by atoms with Crippen molar-refractivity contribution < 1.29 is 14.6 Å². The molecule has 1 aliphatic rings. The Morgan fingerprint density at radius 2 is 2.11 bits per heavy atom. The van der Waals surface area contributed by atoms with E-state index in [1.165, 1.54) is 0 Å². The predicted octanol–water partition coefficient (Wildman–Crippen LogP) is 2.99. The average molecular weight is 257 g/mol. The van der Waals surface area contributed by atoms with E-state index >= 15 is 0 Å². The maximum Gasteiger partial charge on any atom is 0.336 e. The molecule has 0 atom stereocenters. The van der Waals surface area contributed by atoms with Crippen LogP contribution in [-0.2, 0) is 5.41 Å². The second kappa shape index (κ2) is 3.95. The summed E-state index contributed by atoms with van der Waals surface area (Å²) in [5, 5.41) is 10.0. The third-order valence-electron chi connectivity index (χ3n) is 3.87. The van der Waals surface area contributed by atoms with E-state index in [0.717, 1.165) is 18.5 Å². The zero-order chi connectivity index (χ0) is 13.6. The number of aromatic nitrogens is 1. The smallest absolute Gasteiger partial charge is 0.336 e. The summed E-state index contributed by atoms with van der Waals surface area (Å²) in [6.07, 6.45) is 2.13. The molecule has 0 bridgehead atoms. The molecule has 19 heavy (non-hydrogen) atoms. The van der Waals surface area contributed by atoms with Gasteiger partial charge in [-0.25, -0.2) is 4.79 Å². The third-order valence-corrected chi connectivity index (χ3v) is 3.87. The molecule has 0 radical (unpaired) electrons. The molecular weight excluding hydrogens is 242 g/mol. The predicted molar refractivity (Wildman–Crippen MR) is 71.8 cm³/mol. The number of aromatic carboxylic acids is 1. The van der Waals surface area contributed by atoms with Gasteiger partial charge >= 0.3 is 5.97 Å². The van der Waals surface area contributed by atoms with Gasteiger partial charge in [-0.2, -0.15) is 0 Å². The van der Waals surface area contributed by atoms with Crippen molar-refractivity contribution in [3.8, 4) is 5.75 Å². The van der Waals surface area contributed by atoms with Crippen LogP contribution in [0.15, 0.2) is 24.3 Å². The van der Waals surface area contributed by atoms with Crippen LogP contribution in [0.1, 0.15) is 35.8 Å². The minimum absolute atomic E-state index is 0.0431. The molecule has 0 amide bonds. The Bertz CT molecular complexity index is 674. The first-order valence-corrected chi connectivity index (χ1v) is 6.26. The van der Waals surface area contributed by atoms with Crippen LogP contribution in [0.4, 0.5) is 0 Å². The van der Waals surface area contributed by atoms with E-state index in [1.54, 1.807) is 31.4 Å². The highest BCUT2D eigenvalue weighted by molar-refractivity contribution is 6.03. The first-order chi connectivity index (χ1) is 9.03. The van der Waals surface area contributed by atoms with Crippen molar-refractivity contribution in [3.63, 3.8) is 0 Å². The standard InChI is InChI=1S/C15H15NO3/c1-15(5-6-15)13-8-11(14(17)18)10-4-3-9(19-2)7-12(10)16-13/h3-4,7-8H,5-6H2,1-2H3,(H,17,18). The number of hydrogen-bond acceptors (Lipinski definition) is 3. The summed E-state index contributed by atoms with van der Waals surface area (Å²) in [7, 11) is 1.59. The molecule has 3 rings (SSSR count). The van der Waals surface area contributed by atoms with Crippen LogP contribution in [0.5, 0.6) is 5.75 Å². The van der Waals surface area contributed by atoms with Crippen molar-refractivity contribution in [2.24, 2.45) is 0 Å². The summed E-state index contributed by atoms with van der Waals surface area (Å²) < 4.78 is 5.18. The summed E-state index contributed by atoms with van der Waals surface area (Å²) in [6, 6.07) is 7.01. The van der Waals surface area contributed by atoms with E-state index < -0.39 is 5.97 Å². The fraction of sp³-hybridized carbons (Fsp3) is 0.333. The monoisotopic (exact) mass is 257 g/mol. The molecule has 1 aromatic carbocycles. The number of methoxy groups -OCH3 is 1. The largest absolute Gasteiger partial charge is 0.497 e. The molecule has 1 aliphatic carbocycles. The number of pyridine rings is 1. The number of ether oxygens (including phenoxy) is 1. The van der Waals surface area contributed by atoms with Gasteiger partial charge < -0.3 is 9.84 Å². The van der Waals surface area contributed by atoms with Crippen molar-refractivity contribution in [3.05, 3.63) is 35.5 Å². The first-order valence-electron chi connectivity index (χ1n) is 6.26. The Morgan fingerprint density at radius 3 is 2.68 bits per heavy atom. The number of carboxylic acids is 1. The third kappa shape index (κ3) is 1.93. The second-order valence-electron chi connectivity index (χ2n) is 5.30. The Hall–Kier alpha value is -2.10. The fourth-order valence-corrected chi connectivity index (χ4v) is 2.26. The Morgan fingerprint density at radius 1 is 1.37 bits per heavy atom. The molecule has 1 heterocycles. The van der Waals surface area contributed by atoms with E-state index in [2.05, 4.69) is 11.9 Å². The maximum absolute atomic E-state index is 11.4. The Balaban J connectivity index is 2.28. The number of carbonyl (C=O) groups is 1. The van der Waals surface area contributed by atoms with Crippen LogP contribution in [0.2, 0.25) is 0 Å². The van der Waals surface area contributed by atoms with Crippen LogP contribution in [-0.4, -0.2) is 23.2 Å². The minimum atomic E-state index is -0.914. The highest BCUT2D eigenvalue weighted by Crippen LogP contribution is 2.47. The first kappa shape index (κ1) is 12.0. The number of fused-ring (bicyclic) bond motifs is 1. The zero-order valence-electron chi connectivity index (χ0n) is 10.9. The van der Waals surface area contributed by atoms with Crippen LogP contribution < -0.4 is 4.74 Å². The molecule has 1 fully saturated rings. The van der Waals surface area contributed by atoms with Gasteiger partial charge in [-0.3, -0.25) is 4.98 Å². The lowest BCUT2D eigenvalue weighted by molar-refractivity contribution is 0.0699. The molecule has 2 aromatic rings. The minimum Gasteiger partial charge on any atom is -0.497 e. The summed E-state index contributed by atoms with van der Waals surface area (Å²) in [5.74, 6) is -0.225. The summed E-state index contributed by atoms with van der Waals surface area (Å²) in [4.78, 5) is 16.0. The van der Waals surface area contributed by atoms with Crippen molar-refractivity contribution in [2.75, 3.05) is 7.11 Å². The highest BCUT2D eigenvalue weighted by Gasteiger charge is 2.41. The number of benzene rings is 1. The number of rotatable bonds is 3. The fourth-order valence-electron chi connectivity index (χ4n) is 2.26. The van der Waals surface area contributed by atoms with Gasteiger partial charge in [0.25, 0.3) is 0 Å². The molecule has 1 saturated carbocycles. The van der Waals surface area contributed by atoms with Gasteiger partial charge in [-0.05, 0) is 31.0 Å². The molecule has 0 spiro atoms. The van der Waals surface area contributed by atoms with E-state index in [4.69, 9.17) is 4.74 Å². The lowest BCUT2D eigenvalue weighted by Gasteiger charge is -2.12. The molecule has 1 aromatic heterocycles. The molecular formula is C15H15NO3. The summed E-state index contributed by atoms with van der Waals surface area (Å²) >= 11 is 0. The zero-order valence-corrected chi connectivity index (χ0v) is 10.9. The van der Waals surface area contributed by atoms with Gasteiger partial charge in [0, 0.05) is 22.6 Å². The van der Waals surface area contributed by atoms with Gasteiger partial charge in [-0.1, -0.05) is 6.92 Å². The summed E-state index contributed by atoms with van der Waals surface area (Å²) in [6.45, 7) is 2.12. The Kier molecular flexibility index (Phi) is 2.49. The highest BCUT2D eigenvalue weighted by atomic mass is 16.5. The summed E-state index contributed by atoms with van der Waals surface area (Å²) in [5.41, 5.74) is 1.91. The van der Waals surface area contributed by atoms with E-state index in [0.29, 0.717) is 22.2 Å². The van der Waals surface area contributed by atoms with Crippen molar-refractivity contribution in [2.45, 2.75) is 25.2 Å². The van der Waals surface area contributed by atoms with E-state index in [9.17, 15) is 9.90 Å². The van der Waals surface area contributed by atoms with Crippen LogP contribution >= 0.6 is 0 Å². The number of nitrogens with zero attached hydrogens (tertiary/aromatic N) is 1. The number of carboxylic acid groups (broad SMARTS) is 1. The van der Waals surface area contributed by atoms with Gasteiger partial charge in [-0.15, -0.1) is 0 Å². The molecule has 4 nitrogen and oxygen atoms in total. The van der Waals surface area contributed by atoms with E-state index in [-0.39, 0.29) is 5.41 Å². The molecule has 1 N–H and O–H groups in total. The van der Waals surface area contributed by atoms with Gasteiger partial charge in [0.05, 0.1) is 18.2 Å². The second-order valence-corrected chi connectivity index (χ2v) is 5.30. The van der Waals surface area contributed by atoms with Crippen LogP contribution in [0.25, 0.3) is 10.9 Å². The maximum atomic E-state index is 11.4. The average Bonchev–Trinajstić information content (AvgIpc) is 3.15. The van der Waals surface area contributed by atoms with Gasteiger partial charge in [0.1, 0.15) is 5.75 Å². The van der Waals surface area contributed by atoms with Crippen molar-refractivity contribution in [1.29, 1.82) is 0 Å². The number of hydrogen-bond donors (Lipinski definition) is 1. The van der Waals surface area contributed by atoms with Gasteiger partial charge in [0.15, 0.2) is 0 Å². The lowest BCUT2D eigenvalue weighted by Crippen LogP contribution is -2.08. The van der Waals surface area contributed by atoms with Crippen LogP contribution in [0.3, 0.4) is 0 Å². The van der Waals surface area contributed by atoms with Crippen LogP contribution in [0, 0.1) is 0 Å². The SMILES string of the molecule is COc1ccc2c(C(=O)O)cc(C3(C)CC3)nc2c1. The molecule has 98 valence electrons. The van der Waals surface area contributed by atoms with Crippen molar-refractivity contribution in [1.82, 2.24) is 4.98 Å². The van der Waals surface area contributed by atoms with Crippen molar-refractivity contribution >= 4 is 16.9 Å². The topological polar surface area (TPSA) is 59.4 Å². The lowest BCUT2D eigenvalue weighted by atomic mass is 9.99. The molecule has 4 heteroatoms. The molecule has 0 aliphatic heterocycles. The quantitative estimate of drug-likeness (QED) is 0.918. The molecule has 0 unspecified atom stereocenters. The Labute approximate surface area is 111 Å². The van der Waals surface area contributed by atoms with Gasteiger partial charge in [0.2, 0.25) is 0 Å². The molecule has 0 saturated heterocycles. The normalized spacial score (nSPS) is 16.3. The van der Waals surface area contributed by atoms with E-state index in [1.807, 2.05) is 0 Å².